The van der Waals surface area contributed by atoms with Gasteiger partial charge in [0.25, 0.3) is 0 Å². The Kier molecular flexibility index (Phi) is 4.33. The summed E-state index contributed by atoms with van der Waals surface area (Å²) in [5.41, 5.74) is 0.889. The van der Waals surface area contributed by atoms with Crippen LogP contribution in [0.5, 0.6) is 5.75 Å². The number of para-hydroxylation sites is 1. The lowest BCUT2D eigenvalue weighted by atomic mass is 10.2. The van der Waals surface area contributed by atoms with Gasteiger partial charge in [-0.1, -0.05) is 23.9 Å². The van der Waals surface area contributed by atoms with Gasteiger partial charge >= 0.3 is 5.97 Å². The number of carbonyl (C=O) groups is 1. The van der Waals surface area contributed by atoms with Gasteiger partial charge in [-0.05, 0) is 19.1 Å². The average Bonchev–Trinajstić information content (AvgIpc) is 3.14. The molecule has 0 N–H and O–H groups in total. The maximum absolute atomic E-state index is 11.6. The minimum atomic E-state index is -0.194. The van der Waals surface area contributed by atoms with E-state index >= 15 is 0 Å². The van der Waals surface area contributed by atoms with Crippen LogP contribution in [0, 0.1) is 0 Å². The van der Waals surface area contributed by atoms with Crippen molar-refractivity contribution in [2.75, 3.05) is 13.7 Å². The maximum Gasteiger partial charge on any atom is 0.319 e. The van der Waals surface area contributed by atoms with Crippen LogP contribution < -0.4 is 4.74 Å². The Balaban J connectivity index is 1.95. The fraction of sp³-hybridized carbons (Fsp3) is 0.400. The Morgan fingerprint density at radius 2 is 2.23 bits per heavy atom. The summed E-state index contributed by atoms with van der Waals surface area (Å²) in [7, 11) is 1.63. The first kappa shape index (κ1) is 14.9. The summed E-state index contributed by atoms with van der Waals surface area (Å²) < 4.78 is 12.4. The molecule has 0 radical (unpaired) electrons. The van der Waals surface area contributed by atoms with E-state index in [1.165, 1.54) is 11.8 Å². The van der Waals surface area contributed by atoms with Crippen LogP contribution in [0.4, 0.5) is 0 Å². The van der Waals surface area contributed by atoms with Gasteiger partial charge in [-0.15, -0.1) is 10.2 Å². The summed E-state index contributed by atoms with van der Waals surface area (Å²) in [5, 5.41) is 9.08. The molecule has 2 heterocycles. The van der Waals surface area contributed by atoms with E-state index in [-0.39, 0.29) is 11.2 Å². The molecule has 0 saturated carbocycles. The Morgan fingerprint density at radius 1 is 1.41 bits per heavy atom. The van der Waals surface area contributed by atoms with Crippen LogP contribution in [0.3, 0.4) is 0 Å². The van der Waals surface area contributed by atoms with Gasteiger partial charge in [-0.3, -0.25) is 4.79 Å². The molecule has 1 atom stereocenters. The van der Waals surface area contributed by atoms with Crippen LogP contribution >= 0.6 is 11.8 Å². The second kappa shape index (κ2) is 6.39. The van der Waals surface area contributed by atoms with Crippen LogP contribution in [0.2, 0.25) is 0 Å². The van der Waals surface area contributed by atoms with E-state index in [1.807, 2.05) is 35.8 Å². The van der Waals surface area contributed by atoms with E-state index in [0.717, 1.165) is 22.3 Å². The summed E-state index contributed by atoms with van der Waals surface area (Å²) in [6.07, 6.45) is 0.712. The normalized spacial score (nSPS) is 17.5. The molecule has 0 bridgehead atoms. The van der Waals surface area contributed by atoms with Gasteiger partial charge in [-0.2, -0.15) is 0 Å². The maximum atomic E-state index is 11.6. The molecule has 0 aliphatic carbocycles. The summed E-state index contributed by atoms with van der Waals surface area (Å²) in [5.74, 6) is 1.32. The fourth-order valence-electron chi connectivity index (χ4n) is 2.40. The van der Waals surface area contributed by atoms with Gasteiger partial charge in [0.15, 0.2) is 11.0 Å². The zero-order valence-corrected chi connectivity index (χ0v) is 13.3. The standard InChI is InChI=1S/C15H17N3O3S/c1-3-18-13(10-6-4-5-7-11(10)20-2)16-17-15(18)22-12-8-9-21-14(12)19/h4-7,12H,3,8-9H2,1-2H3. The molecule has 3 rings (SSSR count). The highest BCUT2D eigenvalue weighted by Crippen LogP contribution is 2.33. The van der Waals surface area contributed by atoms with E-state index in [4.69, 9.17) is 9.47 Å². The second-order valence-electron chi connectivity index (χ2n) is 4.81. The zero-order valence-electron chi connectivity index (χ0n) is 12.5. The number of rotatable bonds is 5. The summed E-state index contributed by atoms with van der Waals surface area (Å²) in [6, 6.07) is 7.70. The molecule has 22 heavy (non-hydrogen) atoms. The van der Waals surface area contributed by atoms with Crippen LogP contribution in [-0.4, -0.2) is 39.7 Å². The van der Waals surface area contributed by atoms with Gasteiger partial charge in [0, 0.05) is 13.0 Å². The number of carbonyl (C=O) groups excluding carboxylic acids is 1. The Morgan fingerprint density at radius 3 is 2.91 bits per heavy atom. The number of hydrogen-bond donors (Lipinski definition) is 0. The molecule has 1 aromatic carbocycles. The third-order valence-electron chi connectivity index (χ3n) is 3.52. The van der Waals surface area contributed by atoms with Crippen molar-refractivity contribution >= 4 is 17.7 Å². The van der Waals surface area contributed by atoms with Crippen molar-refractivity contribution in [1.82, 2.24) is 14.8 Å². The third kappa shape index (κ3) is 2.68. The van der Waals surface area contributed by atoms with Crippen molar-refractivity contribution in [2.24, 2.45) is 0 Å². The Bertz CT molecular complexity index is 686. The highest BCUT2D eigenvalue weighted by molar-refractivity contribution is 8.00. The molecule has 6 nitrogen and oxygen atoms in total. The Labute approximate surface area is 132 Å². The molecule has 1 aliphatic rings. The predicted molar refractivity (Wildman–Crippen MR) is 82.9 cm³/mol. The minimum Gasteiger partial charge on any atom is -0.496 e. The molecule has 2 aromatic rings. The van der Waals surface area contributed by atoms with Gasteiger partial charge in [0.05, 0.1) is 19.3 Å². The van der Waals surface area contributed by atoms with Crippen LogP contribution in [0.25, 0.3) is 11.4 Å². The molecule has 116 valence electrons. The first-order chi connectivity index (χ1) is 10.7. The van der Waals surface area contributed by atoms with Gasteiger partial charge in [-0.25, -0.2) is 0 Å². The van der Waals surface area contributed by atoms with Crippen molar-refractivity contribution in [1.29, 1.82) is 0 Å². The molecular formula is C15H17N3O3S. The molecule has 1 aliphatic heterocycles. The quantitative estimate of drug-likeness (QED) is 0.788. The summed E-state index contributed by atoms with van der Waals surface area (Å²) in [4.78, 5) is 11.6. The highest BCUT2D eigenvalue weighted by Gasteiger charge is 2.30. The molecule has 7 heteroatoms. The minimum absolute atomic E-state index is 0.172. The Hall–Kier alpha value is -2.02. The number of ether oxygens (including phenoxy) is 2. The number of thioether (sulfide) groups is 1. The largest absolute Gasteiger partial charge is 0.496 e. The van der Waals surface area contributed by atoms with Gasteiger partial charge < -0.3 is 14.0 Å². The number of benzene rings is 1. The monoisotopic (exact) mass is 319 g/mol. The molecule has 0 spiro atoms. The molecule has 1 unspecified atom stereocenters. The van der Waals surface area contributed by atoms with Gasteiger partial charge in [0.1, 0.15) is 11.0 Å². The smallest absolute Gasteiger partial charge is 0.319 e. The number of cyclic esters (lactones) is 1. The lowest BCUT2D eigenvalue weighted by molar-refractivity contribution is -0.137. The van der Waals surface area contributed by atoms with Crippen LogP contribution in [0.15, 0.2) is 29.4 Å². The molecule has 1 fully saturated rings. The molecular weight excluding hydrogens is 302 g/mol. The van der Waals surface area contributed by atoms with Crippen molar-refractivity contribution in [3.8, 4) is 17.1 Å². The first-order valence-electron chi connectivity index (χ1n) is 7.14. The molecule has 0 amide bonds. The number of hydrogen-bond acceptors (Lipinski definition) is 6. The molecule has 1 saturated heterocycles. The van der Waals surface area contributed by atoms with E-state index in [2.05, 4.69) is 10.2 Å². The SMILES string of the molecule is CCn1c(SC2CCOC2=O)nnc1-c1ccccc1OC. The van der Waals surface area contributed by atoms with E-state index in [1.54, 1.807) is 7.11 Å². The third-order valence-corrected chi connectivity index (χ3v) is 4.74. The van der Waals surface area contributed by atoms with Crippen LogP contribution in [-0.2, 0) is 16.1 Å². The van der Waals surface area contributed by atoms with Crippen molar-refractivity contribution in [2.45, 2.75) is 30.3 Å². The highest BCUT2D eigenvalue weighted by atomic mass is 32.2. The number of nitrogens with zero attached hydrogens (tertiary/aromatic N) is 3. The van der Waals surface area contributed by atoms with E-state index < -0.39 is 0 Å². The van der Waals surface area contributed by atoms with E-state index in [9.17, 15) is 4.79 Å². The molecule has 1 aromatic heterocycles. The van der Waals surface area contributed by atoms with Crippen LogP contribution in [0.1, 0.15) is 13.3 Å². The predicted octanol–water partition coefficient (Wildman–Crippen LogP) is 2.38. The van der Waals surface area contributed by atoms with Crippen molar-refractivity contribution in [3.05, 3.63) is 24.3 Å². The number of methoxy groups -OCH3 is 1. The van der Waals surface area contributed by atoms with Crippen molar-refractivity contribution < 1.29 is 14.3 Å². The lowest BCUT2D eigenvalue weighted by Gasteiger charge is -2.11. The fourth-order valence-corrected chi connectivity index (χ4v) is 3.46. The summed E-state index contributed by atoms with van der Waals surface area (Å²) in [6.45, 7) is 3.22. The first-order valence-corrected chi connectivity index (χ1v) is 8.02. The van der Waals surface area contributed by atoms with E-state index in [0.29, 0.717) is 19.6 Å². The zero-order chi connectivity index (χ0) is 15.5. The average molecular weight is 319 g/mol. The summed E-state index contributed by atoms with van der Waals surface area (Å²) >= 11 is 1.41. The second-order valence-corrected chi connectivity index (χ2v) is 5.98. The topological polar surface area (TPSA) is 66.2 Å². The lowest BCUT2D eigenvalue weighted by Crippen LogP contribution is -2.11. The van der Waals surface area contributed by atoms with Gasteiger partial charge in [0.2, 0.25) is 0 Å². The number of esters is 1. The van der Waals surface area contributed by atoms with Crippen molar-refractivity contribution in [3.63, 3.8) is 0 Å². The number of aromatic nitrogens is 3.